The largest absolute Gasteiger partial charge is 0.340 e. The molecule has 0 fully saturated rings. The smallest absolute Gasteiger partial charge is 0.251 e. The maximum atomic E-state index is 13.1. The molecule has 3 aromatic rings. The number of hydrogen-bond donors (Lipinski definition) is 2. The van der Waals surface area contributed by atoms with Gasteiger partial charge in [-0.1, -0.05) is 36.2 Å². The third-order valence-electron chi connectivity index (χ3n) is 5.85. The molecule has 1 atom stereocenters. The summed E-state index contributed by atoms with van der Waals surface area (Å²) in [6.45, 7) is 0.854. The minimum Gasteiger partial charge on any atom is -0.340 e. The first kappa shape index (κ1) is 24.3. The molecule has 2 heterocycles. The first-order valence-electron chi connectivity index (χ1n) is 11.4. The highest BCUT2D eigenvalue weighted by Gasteiger charge is 2.23. The standard InChI is InChI=1S/C25H28ClN5O2S/c1-34-15-13-21(28-24(32)17-8-4-2-5-9-17)25(33)27-18-11-12-20(26)19(16-18)23-30-29-22-10-6-3-7-14-31(22)23/h2,4-5,8-9,11-12,16,21H,3,6-7,10,13-15H2,1H3,(H,27,33)(H,28,32)/t21-/m1/s1. The molecule has 1 aliphatic heterocycles. The van der Waals surface area contributed by atoms with Gasteiger partial charge in [0.25, 0.3) is 5.91 Å². The number of fused-ring (bicyclic) bond motifs is 1. The molecule has 2 amide bonds. The van der Waals surface area contributed by atoms with E-state index < -0.39 is 6.04 Å². The minimum absolute atomic E-state index is 0.272. The highest BCUT2D eigenvalue weighted by Crippen LogP contribution is 2.31. The quantitative estimate of drug-likeness (QED) is 0.466. The molecule has 1 aromatic heterocycles. The molecule has 0 radical (unpaired) electrons. The van der Waals surface area contributed by atoms with Gasteiger partial charge in [0, 0.05) is 29.8 Å². The Hall–Kier alpha value is -2.84. The van der Waals surface area contributed by atoms with E-state index in [4.69, 9.17) is 11.6 Å². The number of hydrogen-bond acceptors (Lipinski definition) is 5. The molecule has 7 nitrogen and oxygen atoms in total. The molecule has 0 bridgehead atoms. The van der Waals surface area contributed by atoms with Crippen LogP contribution in [0.4, 0.5) is 5.69 Å². The number of aromatic nitrogens is 3. The van der Waals surface area contributed by atoms with Crippen LogP contribution in [0.25, 0.3) is 11.4 Å². The van der Waals surface area contributed by atoms with Gasteiger partial charge in [-0.25, -0.2) is 0 Å². The number of halogens is 1. The number of carbonyl (C=O) groups excluding carboxylic acids is 2. The fourth-order valence-electron chi connectivity index (χ4n) is 4.02. The van der Waals surface area contributed by atoms with Crippen molar-refractivity contribution in [2.45, 2.75) is 44.7 Å². The Bertz CT molecular complexity index is 1150. The minimum atomic E-state index is -0.663. The molecule has 0 spiro atoms. The Kier molecular flexibility index (Phi) is 8.24. The van der Waals surface area contributed by atoms with E-state index >= 15 is 0 Å². The van der Waals surface area contributed by atoms with Gasteiger partial charge in [-0.05, 0) is 61.6 Å². The lowest BCUT2D eigenvalue weighted by Gasteiger charge is -2.19. The highest BCUT2D eigenvalue weighted by molar-refractivity contribution is 7.98. The summed E-state index contributed by atoms with van der Waals surface area (Å²) in [5.74, 6) is 1.88. The molecule has 4 rings (SSSR count). The van der Waals surface area contributed by atoms with Crippen molar-refractivity contribution < 1.29 is 9.59 Å². The molecule has 178 valence electrons. The van der Waals surface area contributed by atoms with Gasteiger partial charge in [0.2, 0.25) is 5.91 Å². The third-order valence-corrected chi connectivity index (χ3v) is 6.83. The van der Waals surface area contributed by atoms with E-state index in [1.54, 1.807) is 48.2 Å². The number of nitrogens with one attached hydrogen (secondary N) is 2. The molecule has 2 N–H and O–H groups in total. The normalized spacial score (nSPS) is 14.1. The summed E-state index contributed by atoms with van der Waals surface area (Å²) in [5, 5.41) is 15.1. The Morgan fingerprint density at radius 3 is 2.74 bits per heavy atom. The summed E-state index contributed by atoms with van der Waals surface area (Å²) < 4.78 is 2.13. The third kappa shape index (κ3) is 5.80. The lowest BCUT2D eigenvalue weighted by atomic mass is 10.1. The van der Waals surface area contributed by atoms with E-state index in [0.717, 1.165) is 42.9 Å². The van der Waals surface area contributed by atoms with Crippen molar-refractivity contribution in [2.75, 3.05) is 17.3 Å². The highest BCUT2D eigenvalue weighted by atomic mass is 35.5. The van der Waals surface area contributed by atoms with Crippen LogP contribution in [0.3, 0.4) is 0 Å². The first-order valence-corrected chi connectivity index (χ1v) is 13.2. The zero-order chi connectivity index (χ0) is 23.9. The number of nitrogens with zero attached hydrogens (tertiary/aromatic N) is 3. The van der Waals surface area contributed by atoms with Gasteiger partial charge in [-0.2, -0.15) is 11.8 Å². The first-order chi connectivity index (χ1) is 16.6. The topological polar surface area (TPSA) is 88.9 Å². The number of benzene rings is 2. The van der Waals surface area contributed by atoms with E-state index in [-0.39, 0.29) is 11.8 Å². The Labute approximate surface area is 208 Å². The second-order valence-electron chi connectivity index (χ2n) is 8.26. The van der Waals surface area contributed by atoms with E-state index in [9.17, 15) is 9.59 Å². The van der Waals surface area contributed by atoms with Crippen LogP contribution in [0.15, 0.2) is 48.5 Å². The summed E-state index contributed by atoms with van der Waals surface area (Å²) in [6.07, 6.45) is 6.74. The van der Waals surface area contributed by atoms with Crippen LogP contribution in [0.2, 0.25) is 5.02 Å². The van der Waals surface area contributed by atoms with Crippen molar-refractivity contribution in [2.24, 2.45) is 0 Å². The second kappa shape index (κ2) is 11.5. The molecule has 0 aliphatic carbocycles. The van der Waals surface area contributed by atoms with Gasteiger partial charge < -0.3 is 15.2 Å². The average Bonchev–Trinajstić information content (AvgIpc) is 3.10. The zero-order valence-electron chi connectivity index (χ0n) is 19.1. The van der Waals surface area contributed by atoms with E-state index in [2.05, 4.69) is 25.4 Å². The molecule has 2 aromatic carbocycles. The van der Waals surface area contributed by atoms with Crippen LogP contribution in [0, 0.1) is 0 Å². The lowest BCUT2D eigenvalue weighted by Crippen LogP contribution is -2.44. The number of aryl methyl sites for hydroxylation is 1. The molecule has 34 heavy (non-hydrogen) atoms. The van der Waals surface area contributed by atoms with Crippen LogP contribution >= 0.6 is 23.4 Å². The van der Waals surface area contributed by atoms with E-state index in [1.165, 1.54) is 6.42 Å². The van der Waals surface area contributed by atoms with E-state index in [1.807, 2.05) is 18.4 Å². The Morgan fingerprint density at radius 2 is 1.94 bits per heavy atom. The van der Waals surface area contributed by atoms with Crippen molar-refractivity contribution in [1.29, 1.82) is 0 Å². The molecular formula is C25H28ClN5O2S. The fraction of sp³-hybridized carbons (Fsp3) is 0.360. The van der Waals surface area contributed by atoms with Crippen molar-refractivity contribution in [3.8, 4) is 11.4 Å². The van der Waals surface area contributed by atoms with Gasteiger partial charge in [-0.15, -0.1) is 10.2 Å². The van der Waals surface area contributed by atoms with Crippen LogP contribution in [0.1, 0.15) is 41.9 Å². The number of rotatable bonds is 8. The van der Waals surface area contributed by atoms with Gasteiger partial charge in [0.05, 0.1) is 5.02 Å². The fourth-order valence-corrected chi connectivity index (χ4v) is 4.70. The second-order valence-corrected chi connectivity index (χ2v) is 9.65. The van der Waals surface area contributed by atoms with Crippen LogP contribution in [-0.2, 0) is 17.8 Å². The molecule has 9 heteroatoms. The monoisotopic (exact) mass is 497 g/mol. The summed E-state index contributed by atoms with van der Waals surface area (Å²) in [7, 11) is 0. The predicted molar refractivity (Wildman–Crippen MR) is 137 cm³/mol. The summed E-state index contributed by atoms with van der Waals surface area (Å²) in [6, 6.07) is 13.6. The predicted octanol–water partition coefficient (Wildman–Crippen LogP) is 4.82. The van der Waals surface area contributed by atoms with Crippen molar-refractivity contribution in [3.05, 3.63) is 64.9 Å². The Balaban J connectivity index is 1.53. The number of carbonyl (C=O) groups is 2. The molecule has 0 unspecified atom stereocenters. The van der Waals surface area contributed by atoms with Crippen molar-refractivity contribution >= 4 is 40.9 Å². The van der Waals surface area contributed by atoms with Gasteiger partial charge >= 0.3 is 0 Å². The van der Waals surface area contributed by atoms with Crippen LogP contribution in [0.5, 0.6) is 0 Å². The number of thioether (sulfide) groups is 1. The van der Waals surface area contributed by atoms with Crippen LogP contribution < -0.4 is 10.6 Å². The van der Waals surface area contributed by atoms with Gasteiger partial charge in [0.15, 0.2) is 5.82 Å². The number of amides is 2. The summed E-state index contributed by atoms with van der Waals surface area (Å²) in [5.41, 5.74) is 1.85. The zero-order valence-corrected chi connectivity index (χ0v) is 20.7. The molecule has 0 saturated heterocycles. The maximum Gasteiger partial charge on any atom is 0.251 e. The van der Waals surface area contributed by atoms with E-state index in [0.29, 0.717) is 28.5 Å². The average molecular weight is 498 g/mol. The van der Waals surface area contributed by atoms with Crippen molar-refractivity contribution in [3.63, 3.8) is 0 Å². The Morgan fingerprint density at radius 1 is 1.12 bits per heavy atom. The van der Waals surface area contributed by atoms with Gasteiger partial charge in [0.1, 0.15) is 11.9 Å². The maximum absolute atomic E-state index is 13.1. The summed E-state index contributed by atoms with van der Waals surface area (Å²) >= 11 is 8.15. The number of anilines is 1. The van der Waals surface area contributed by atoms with Crippen LogP contribution in [-0.4, -0.2) is 44.6 Å². The molecule has 0 saturated carbocycles. The molecular weight excluding hydrogens is 470 g/mol. The van der Waals surface area contributed by atoms with Crippen molar-refractivity contribution in [1.82, 2.24) is 20.1 Å². The van der Waals surface area contributed by atoms with Gasteiger partial charge in [-0.3, -0.25) is 9.59 Å². The summed E-state index contributed by atoms with van der Waals surface area (Å²) in [4.78, 5) is 25.8. The lowest BCUT2D eigenvalue weighted by molar-refractivity contribution is -0.118. The molecule has 1 aliphatic rings. The SMILES string of the molecule is CSCC[C@@H](NC(=O)c1ccccc1)C(=O)Nc1ccc(Cl)c(-c2nnc3n2CCCCC3)c1.